The molecule has 0 saturated carbocycles. The van der Waals surface area contributed by atoms with Crippen LogP contribution in [0.5, 0.6) is 0 Å². The van der Waals surface area contributed by atoms with Gasteiger partial charge in [0.2, 0.25) is 0 Å². The van der Waals surface area contributed by atoms with Crippen molar-refractivity contribution >= 4 is 5.91 Å². The molecule has 3 nitrogen and oxygen atoms in total. The molecule has 1 rings (SSSR count). The number of nitrogens with one attached hydrogen (secondary N) is 1. The smallest absolute Gasteiger partial charge is 0.268 e. The molecule has 3 heteroatoms. The lowest BCUT2D eigenvalue weighted by Crippen LogP contribution is -2.30. The largest absolute Gasteiger partial charge is 0.350 e. The van der Waals surface area contributed by atoms with Gasteiger partial charge >= 0.3 is 0 Å². The first-order valence-electron chi connectivity index (χ1n) is 6.03. The van der Waals surface area contributed by atoms with E-state index in [9.17, 15) is 4.79 Å². The van der Waals surface area contributed by atoms with E-state index in [2.05, 4.69) is 25.7 Å². The average Bonchev–Trinajstić information content (AvgIpc) is 2.51. The molecule has 0 radical (unpaired) electrons. The van der Waals surface area contributed by atoms with E-state index in [0.717, 1.165) is 17.0 Å². The number of aryl methyl sites for hydroxylation is 2. The van der Waals surface area contributed by atoms with Crippen LogP contribution < -0.4 is 5.32 Å². The molecule has 0 saturated heterocycles. The van der Waals surface area contributed by atoms with Crippen molar-refractivity contribution in [2.45, 2.75) is 34.2 Å². The summed E-state index contributed by atoms with van der Waals surface area (Å²) in [7, 11) is 0. The first-order valence-corrected chi connectivity index (χ1v) is 6.03. The summed E-state index contributed by atoms with van der Waals surface area (Å²) in [6.07, 6.45) is 1.81. The number of carbonyl (C=O) groups is 1. The summed E-state index contributed by atoms with van der Waals surface area (Å²) in [6.45, 7) is 13.3. The van der Waals surface area contributed by atoms with E-state index in [1.165, 1.54) is 0 Å². The van der Waals surface area contributed by atoms with Crippen molar-refractivity contribution in [3.05, 3.63) is 35.7 Å². The highest BCUT2D eigenvalue weighted by atomic mass is 16.1. The molecule has 0 atom stereocenters. The van der Waals surface area contributed by atoms with Gasteiger partial charge in [0.25, 0.3) is 5.91 Å². The summed E-state index contributed by atoms with van der Waals surface area (Å²) >= 11 is 0. The predicted octanol–water partition coefficient (Wildman–Crippen LogP) is 2.68. The Labute approximate surface area is 104 Å². The third kappa shape index (κ3) is 3.22. The van der Waals surface area contributed by atoms with Crippen molar-refractivity contribution < 1.29 is 4.79 Å². The van der Waals surface area contributed by atoms with E-state index in [-0.39, 0.29) is 5.91 Å². The van der Waals surface area contributed by atoms with Crippen molar-refractivity contribution in [3.8, 4) is 0 Å². The number of rotatable bonds is 5. The Hall–Kier alpha value is -1.51. The summed E-state index contributed by atoms with van der Waals surface area (Å²) in [5, 5.41) is 2.96. The van der Waals surface area contributed by atoms with Gasteiger partial charge in [0.15, 0.2) is 0 Å². The van der Waals surface area contributed by atoms with E-state index in [4.69, 9.17) is 0 Å². The van der Waals surface area contributed by atoms with Crippen LogP contribution in [0.4, 0.5) is 0 Å². The Morgan fingerprint density at radius 2 is 2.18 bits per heavy atom. The van der Waals surface area contributed by atoms with E-state index < -0.39 is 0 Å². The summed E-state index contributed by atoms with van der Waals surface area (Å²) in [5.74, 6) is 0.467. The zero-order valence-corrected chi connectivity index (χ0v) is 11.2. The Balaban J connectivity index is 2.95. The van der Waals surface area contributed by atoms with Crippen LogP contribution in [-0.4, -0.2) is 17.0 Å². The molecule has 0 bridgehead atoms. The molecular formula is C14H22N2O. The van der Waals surface area contributed by atoms with Crippen LogP contribution in [0.2, 0.25) is 0 Å². The predicted molar refractivity (Wildman–Crippen MR) is 71.3 cm³/mol. The van der Waals surface area contributed by atoms with Crippen molar-refractivity contribution in [2.24, 2.45) is 5.92 Å². The topological polar surface area (TPSA) is 34.0 Å². The van der Waals surface area contributed by atoms with Gasteiger partial charge in [-0.25, -0.2) is 0 Å². The lowest BCUT2D eigenvalue weighted by Gasteiger charge is -2.12. The summed E-state index contributed by atoms with van der Waals surface area (Å²) in [6, 6.07) is 2.04. The number of allylic oxidation sites excluding steroid dienone is 1. The van der Waals surface area contributed by atoms with E-state index in [1.807, 2.05) is 30.6 Å². The van der Waals surface area contributed by atoms with Crippen molar-refractivity contribution in [1.82, 2.24) is 9.88 Å². The number of hydrogen-bond acceptors (Lipinski definition) is 1. The molecule has 0 aromatic carbocycles. The summed E-state index contributed by atoms with van der Waals surface area (Å²) in [4.78, 5) is 12.1. The number of amides is 1. The fourth-order valence-corrected chi connectivity index (χ4v) is 1.90. The standard InChI is InChI=1S/C14H22N2O/c1-6-7-16-12(5)8-11(4)13(16)14(17)15-9-10(2)3/h6,8,10H,1,7,9H2,2-5H3,(H,15,17). The highest BCUT2D eigenvalue weighted by molar-refractivity contribution is 5.94. The minimum atomic E-state index is 0.00569. The molecule has 0 aliphatic rings. The Morgan fingerprint density at radius 1 is 1.53 bits per heavy atom. The second kappa shape index (κ2) is 5.71. The van der Waals surface area contributed by atoms with Crippen molar-refractivity contribution in [2.75, 3.05) is 6.54 Å². The highest BCUT2D eigenvalue weighted by Crippen LogP contribution is 2.15. The van der Waals surface area contributed by atoms with Crippen LogP contribution >= 0.6 is 0 Å². The zero-order chi connectivity index (χ0) is 13.0. The fraction of sp³-hybridized carbons (Fsp3) is 0.500. The first kappa shape index (κ1) is 13.6. The molecule has 17 heavy (non-hydrogen) atoms. The number of hydrogen-bond donors (Lipinski definition) is 1. The van der Waals surface area contributed by atoms with Gasteiger partial charge in [-0.1, -0.05) is 19.9 Å². The van der Waals surface area contributed by atoms with Gasteiger partial charge in [-0.05, 0) is 31.4 Å². The third-order valence-corrected chi connectivity index (χ3v) is 2.69. The Kier molecular flexibility index (Phi) is 4.55. The quantitative estimate of drug-likeness (QED) is 0.781. The number of carbonyl (C=O) groups excluding carboxylic acids is 1. The Bertz CT molecular complexity index is 416. The molecule has 0 aliphatic carbocycles. The zero-order valence-electron chi connectivity index (χ0n) is 11.2. The molecule has 0 fully saturated rings. The van der Waals surface area contributed by atoms with Crippen LogP contribution in [0.15, 0.2) is 18.7 Å². The molecule has 1 N–H and O–H groups in total. The van der Waals surface area contributed by atoms with Gasteiger partial charge < -0.3 is 9.88 Å². The lowest BCUT2D eigenvalue weighted by atomic mass is 10.2. The van der Waals surface area contributed by atoms with Gasteiger partial charge in [0.1, 0.15) is 5.69 Å². The summed E-state index contributed by atoms with van der Waals surface area (Å²) < 4.78 is 2.00. The van der Waals surface area contributed by atoms with Crippen molar-refractivity contribution in [1.29, 1.82) is 0 Å². The second-order valence-corrected chi connectivity index (χ2v) is 4.82. The maximum absolute atomic E-state index is 12.1. The molecule has 1 aromatic heterocycles. The van der Waals surface area contributed by atoms with E-state index in [0.29, 0.717) is 19.0 Å². The Morgan fingerprint density at radius 3 is 2.71 bits per heavy atom. The normalized spacial score (nSPS) is 10.6. The van der Waals surface area contributed by atoms with Crippen LogP contribution in [0.25, 0.3) is 0 Å². The minimum absolute atomic E-state index is 0.00569. The number of nitrogens with zero attached hydrogens (tertiary/aromatic N) is 1. The maximum Gasteiger partial charge on any atom is 0.268 e. The highest BCUT2D eigenvalue weighted by Gasteiger charge is 2.16. The van der Waals surface area contributed by atoms with Crippen LogP contribution in [0.3, 0.4) is 0 Å². The van der Waals surface area contributed by atoms with Crippen LogP contribution in [0.1, 0.15) is 35.6 Å². The van der Waals surface area contributed by atoms with Crippen molar-refractivity contribution in [3.63, 3.8) is 0 Å². The second-order valence-electron chi connectivity index (χ2n) is 4.82. The SMILES string of the molecule is C=CCn1c(C)cc(C)c1C(=O)NCC(C)C. The molecule has 0 aliphatic heterocycles. The number of aromatic nitrogens is 1. The first-order chi connectivity index (χ1) is 7.97. The lowest BCUT2D eigenvalue weighted by molar-refractivity contribution is 0.0939. The average molecular weight is 234 g/mol. The van der Waals surface area contributed by atoms with Gasteiger partial charge in [0.05, 0.1) is 0 Å². The van der Waals surface area contributed by atoms with Gasteiger partial charge in [-0.3, -0.25) is 4.79 Å². The molecule has 1 heterocycles. The fourth-order valence-electron chi connectivity index (χ4n) is 1.90. The minimum Gasteiger partial charge on any atom is -0.350 e. The summed E-state index contributed by atoms with van der Waals surface area (Å²) in [5.41, 5.74) is 2.87. The third-order valence-electron chi connectivity index (χ3n) is 2.69. The van der Waals surface area contributed by atoms with Crippen LogP contribution in [0, 0.1) is 19.8 Å². The molecule has 0 unspecified atom stereocenters. The molecule has 0 spiro atoms. The molecule has 1 amide bonds. The van der Waals surface area contributed by atoms with Gasteiger partial charge in [-0.15, -0.1) is 6.58 Å². The van der Waals surface area contributed by atoms with Gasteiger partial charge in [-0.2, -0.15) is 0 Å². The molecule has 1 aromatic rings. The van der Waals surface area contributed by atoms with Gasteiger partial charge in [0, 0.05) is 18.8 Å². The molecular weight excluding hydrogens is 212 g/mol. The molecule has 94 valence electrons. The van der Waals surface area contributed by atoms with E-state index in [1.54, 1.807) is 0 Å². The van der Waals surface area contributed by atoms with Crippen LogP contribution in [-0.2, 0) is 6.54 Å². The monoisotopic (exact) mass is 234 g/mol. The van der Waals surface area contributed by atoms with E-state index >= 15 is 0 Å². The maximum atomic E-state index is 12.1.